The number of hydrogen-bond donors (Lipinski definition) is 3. The van der Waals surface area contributed by atoms with Crippen molar-refractivity contribution < 1.29 is 31.1 Å². The number of carbonyl (C=O) groups is 1. The smallest absolute Gasteiger partial charge is 0.351 e. The van der Waals surface area contributed by atoms with E-state index in [4.69, 9.17) is 4.55 Å². The number of carbonyl (C=O) groups excluding carboxylic acids is 1. The molecule has 1 aliphatic carbocycles. The molecule has 0 aliphatic heterocycles. The molecule has 1 aliphatic rings. The minimum Gasteiger partial charge on any atom is -0.351 e. The van der Waals surface area contributed by atoms with Crippen molar-refractivity contribution in [3.8, 4) is 0 Å². The van der Waals surface area contributed by atoms with Crippen molar-refractivity contribution >= 4 is 17.2 Å². The highest BCUT2D eigenvalue weighted by molar-refractivity contribution is 7.77. The number of alkyl halides is 3. The number of aromatic nitrogens is 1. The number of rotatable bonds is 8. The molecule has 3 N–H and O–H groups in total. The zero-order chi connectivity index (χ0) is 25.8. The topological polar surface area (TPSA) is 91.3 Å². The molecule has 35 heavy (non-hydrogen) atoms. The molecule has 1 amide bonds. The lowest BCUT2D eigenvalue weighted by molar-refractivity contribution is -0.141. The molecule has 3 rings (SSSR count). The van der Waals surface area contributed by atoms with Gasteiger partial charge in [-0.25, -0.2) is 18.3 Å². The van der Waals surface area contributed by atoms with E-state index < -0.39 is 46.8 Å². The molecule has 0 saturated heterocycles. The molecule has 1 heterocycles. The molecule has 0 radical (unpaired) electrons. The molecule has 4 unspecified atom stereocenters. The Hall–Kier alpha value is -2.63. The van der Waals surface area contributed by atoms with Crippen molar-refractivity contribution in [2.75, 3.05) is 0 Å². The lowest BCUT2D eigenvalue weighted by atomic mass is 9.90. The molecule has 1 aromatic carbocycles. The van der Waals surface area contributed by atoms with Crippen LogP contribution in [0, 0.1) is 5.82 Å². The molecular weight excluding hydrogens is 486 g/mol. The summed E-state index contributed by atoms with van der Waals surface area (Å²) in [6, 6.07) is 5.70. The minimum atomic E-state index is -4.57. The molecule has 0 spiro atoms. The Kier molecular flexibility index (Phi) is 8.79. The third-order valence-electron chi connectivity index (χ3n) is 6.02. The van der Waals surface area contributed by atoms with E-state index in [0.717, 1.165) is 18.9 Å². The minimum absolute atomic E-state index is 0.0161. The summed E-state index contributed by atoms with van der Waals surface area (Å²) in [7, 11) is 0. The van der Waals surface area contributed by atoms with Gasteiger partial charge in [0, 0.05) is 24.1 Å². The largest absolute Gasteiger partial charge is 0.433 e. The highest BCUT2D eigenvalue weighted by Gasteiger charge is 2.34. The first kappa shape index (κ1) is 27.0. The quantitative estimate of drug-likeness (QED) is 0.255. The molecule has 0 fully saturated rings. The van der Waals surface area contributed by atoms with Gasteiger partial charge < -0.3 is 5.32 Å². The summed E-state index contributed by atoms with van der Waals surface area (Å²) in [6.45, 7) is 3.10. The summed E-state index contributed by atoms with van der Waals surface area (Å²) in [5.41, 5.74) is 0.376. The Bertz CT molecular complexity index is 1120. The van der Waals surface area contributed by atoms with Crippen molar-refractivity contribution in [1.29, 1.82) is 0 Å². The van der Waals surface area contributed by atoms with Crippen LogP contribution in [-0.4, -0.2) is 19.7 Å². The predicted octanol–water partition coefficient (Wildman–Crippen LogP) is 5.27. The molecule has 190 valence electrons. The fourth-order valence-corrected chi connectivity index (χ4v) is 4.47. The summed E-state index contributed by atoms with van der Waals surface area (Å²) in [6.07, 6.45) is 1.58. The first-order valence-corrected chi connectivity index (χ1v) is 12.3. The zero-order valence-electron chi connectivity index (χ0n) is 19.2. The number of nitrogens with one attached hydrogen (secondary N) is 2. The molecule has 0 saturated carbocycles. The van der Waals surface area contributed by atoms with Gasteiger partial charge in [-0.2, -0.15) is 13.2 Å². The summed E-state index contributed by atoms with van der Waals surface area (Å²) in [4.78, 5) is 16.7. The van der Waals surface area contributed by atoms with Crippen LogP contribution in [0.4, 0.5) is 17.6 Å². The van der Waals surface area contributed by atoms with Crippen LogP contribution in [0.1, 0.15) is 79.1 Å². The first-order chi connectivity index (χ1) is 16.5. The van der Waals surface area contributed by atoms with Crippen LogP contribution in [-0.2, 0) is 28.8 Å². The van der Waals surface area contributed by atoms with E-state index in [0.29, 0.717) is 23.2 Å². The van der Waals surface area contributed by atoms with E-state index in [1.807, 2.05) is 12.2 Å². The van der Waals surface area contributed by atoms with Crippen molar-refractivity contribution in [2.24, 2.45) is 0 Å². The monoisotopic (exact) mass is 513 g/mol. The summed E-state index contributed by atoms with van der Waals surface area (Å²) >= 11 is -2.31. The van der Waals surface area contributed by atoms with Crippen LogP contribution in [0.25, 0.3) is 0 Å². The number of allylic oxidation sites excluding steroid dienone is 2. The molecule has 0 bridgehead atoms. The lowest BCUT2D eigenvalue weighted by Gasteiger charge is -2.21. The second-order valence-electron chi connectivity index (χ2n) is 8.51. The Morgan fingerprint density at radius 1 is 1.26 bits per heavy atom. The average molecular weight is 514 g/mol. The van der Waals surface area contributed by atoms with Crippen LogP contribution in [0.15, 0.2) is 42.5 Å². The summed E-state index contributed by atoms with van der Waals surface area (Å²) in [5.74, 6) is -2.06. The van der Waals surface area contributed by atoms with Crippen molar-refractivity contribution in [3.63, 3.8) is 0 Å². The van der Waals surface area contributed by atoms with Crippen LogP contribution < -0.4 is 10.0 Å². The number of benzene rings is 1. The zero-order valence-corrected chi connectivity index (χ0v) is 20.0. The number of nitrogens with zero attached hydrogens (tertiary/aromatic N) is 1. The van der Waals surface area contributed by atoms with Gasteiger partial charge in [0.25, 0.3) is 0 Å². The maximum absolute atomic E-state index is 14.6. The predicted molar refractivity (Wildman–Crippen MR) is 124 cm³/mol. The maximum atomic E-state index is 14.6. The fraction of sp³-hybridized carbons (Fsp3) is 0.417. The van der Waals surface area contributed by atoms with E-state index in [9.17, 15) is 26.6 Å². The lowest BCUT2D eigenvalue weighted by Crippen LogP contribution is -2.29. The van der Waals surface area contributed by atoms with Crippen LogP contribution >= 0.6 is 0 Å². The third kappa shape index (κ3) is 6.96. The normalized spacial score (nSPS) is 18.7. The van der Waals surface area contributed by atoms with E-state index >= 15 is 0 Å². The molecule has 6 nitrogen and oxygen atoms in total. The van der Waals surface area contributed by atoms with Crippen LogP contribution in [0.5, 0.6) is 0 Å². The second kappa shape index (κ2) is 11.4. The number of hydrogen-bond acceptors (Lipinski definition) is 3. The molecule has 4 atom stereocenters. The second-order valence-corrected chi connectivity index (χ2v) is 9.25. The van der Waals surface area contributed by atoms with Gasteiger partial charge in [0.2, 0.25) is 17.2 Å². The van der Waals surface area contributed by atoms with E-state index in [1.54, 1.807) is 13.0 Å². The average Bonchev–Trinajstić information content (AvgIpc) is 2.81. The van der Waals surface area contributed by atoms with E-state index in [1.165, 1.54) is 25.1 Å². The van der Waals surface area contributed by atoms with Crippen LogP contribution in [0.2, 0.25) is 0 Å². The van der Waals surface area contributed by atoms with Gasteiger partial charge in [-0.15, -0.1) is 0 Å². The van der Waals surface area contributed by atoms with E-state index in [-0.39, 0.29) is 18.0 Å². The summed E-state index contributed by atoms with van der Waals surface area (Å²) < 4.78 is 76.4. The number of halogens is 4. The molecule has 1 aromatic heterocycles. The van der Waals surface area contributed by atoms with Gasteiger partial charge in [0.05, 0.1) is 11.6 Å². The van der Waals surface area contributed by atoms with Crippen LogP contribution in [0.3, 0.4) is 0 Å². The maximum Gasteiger partial charge on any atom is 0.433 e. The third-order valence-corrected chi connectivity index (χ3v) is 6.58. The van der Waals surface area contributed by atoms with Gasteiger partial charge in [-0.3, -0.25) is 9.35 Å². The van der Waals surface area contributed by atoms with Crippen molar-refractivity contribution in [1.82, 2.24) is 15.0 Å². The van der Waals surface area contributed by atoms with Gasteiger partial charge in [0.15, 0.2) is 0 Å². The Morgan fingerprint density at radius 3 is 2.60 bits per heavy atom. The highest BCUT2D eigenvalue weighted by atomic mass is 32.2. The molecule has 11 heteroatoms. The first-order valence-electron chi connectivity index (χ1n) is 11.1. The molecule has 2 aromatic rings. The number of pyridine rings is 1. The van der Waals surface area contributed by atoms with Crippen molar-refractivity contribution in [3.05, 3.63) is 76.4 Å². The summed E-state index contributed by atoms with van der Waals surface area (Å²) in [5, 5.41) is 2.73. The van der Waals surface area contributed by atoms with Crippen molar-refractivity contribution in [2.45, 2.75) is 63.7 Å². The Labute approximate surface area is 203 Å². The van der Waals surface area contributed by atoms with Gasteiger partial charge >= 0.3 is 6.18 Å². The van der Waals surface area contributed by atoms with Gasteiger partial charge in [0.1, 0.15) is 11.5 Å². The standard InChI is InChI=1S/C24H27F4N3O3S/c1-14(17-8-10-19(20(25)12-17)15(2)31-35(33)34)23(32)29-13-18-9-11-21(24(26,27)28)30-22(18)16-6-4-3-5-7-16/h4,6,8-12,14-16,31H,3,5,7,13H2,1-2H3,(H,29,32)(H,33,34). The van der Waals surface area contributed by atoms with Gasteiger partial charge in [-0.05, 0) is 56.4 Å². The number of amides is 1. The van der Waals surface area contributed by atoms with E-state index in [2.05, 4.69) is 15.0 Å². The Balaban J connectivity index is 1.75. The highest BCUT2D eigenvalue weighted by Crippen LogP contribution is 2.33. The molecular formula is C24H27F4N3O3S. The SMILES string of the molecule is CC(NS(=O)O)c1ccc(C(C)C(=O)NCc2ccc(C(F)(F)F)nc2C2C=CCCC2)cc1F. The fourth-order valence-electron chi connectivity index (χ4n) is 4.04. The van der Waals surface area contributed by atoms with Gasteiger partial charge in [-0.1, -0.05) is 30.4 Å². The Morgan fingerprint density at radius 2 is 2.00 bits per heavy atom.